The summed E-state index contributed by atoms with van der Waals surface area (Å²) in [6.45, 7) is 7.92. The predicted octanol–water partition coefficient (Wildman–Crippen LogP) is 2.22. The van der Waals surface area contributed by atoms with Crippen molar-refractivity contribution in [3.8, 4) is 0 Å². The Balaban J connectivity index is 1.15. The standard InChI is InChI=1S/C24H31N5O2/c1-19-7-9-22(10-8-19)29-18-20(17-23(29)30)26-24(31)25-11-12-27-13-15-28(16-14-27)21-5-3-2-4-6-21/h2-10,20H,11-18H2,1H3,(H2,25,26,31)/t20-/m1/s1. The summed E-state index contributed by atoms with van der Waals surface area (Å²) in [6.07, 6.45) is 0.336. The van der Waals surface area contributed by atoms with E-state index in [4.69, 9.17) is 0 Å². The molecule has 2 saturated heterocycles. The number of aryl methyl sites for hydroxylation is 1. The van der Waals surface area contributed by atoms with Gasteiger partial charge < -0.3 is 20.4 Å². The van der Waals surface area contributed by atoms with Crippen molar-refractivity contribution in [2.24, 2.45) is 0 Å². The van der Waals surface area contributed by atoms with Crippen molar-refractivity contribution in [2.75, 3.05) is 55.6 Å². The summed E-state index contributed by atoms with van der Waals surface area (Å²) >= 11 is 0. The maximum Gasteiger partial charge on any atom is 0.315 e. The number of nitrogens with one attached hydrogen (secondary N) is 2. The highest BCUT2D eigenvalue weighted by Crippen LogP contribution is 2.22. The Hall–Kier alpha value is -3.06. The van der Waals surface area contributed by atoms with Crippen LogP contribution in [0, 0.1) is 6.92 Å². The van der Waals surface area contributed by atoms with Gasteiger partial charge in [0.25, 0.3) is 0 Å². The lowest BCUT2D eigenvalue weighted by molar-refractivity contribution is -0.117. The van der Waals surface area contributed by atoms with Gasteiger partial charge in [-0.25, -0.2) is 4.79 Å². The van der Waals surface area contributed by atoms with Crippen LogP contribution in [-0.4, -0.2) is 68.7 Å². The Bertz CT molecular complexity index is 879. The van der Waals surface area contributed by atoms with Gasteiger partial charge in [0, 0.05) is 63.6 Å². The molecule has 2 heterocycles. The number of anilines is 2. The molecule has 0 aliphatic carbocycles. The molecule has 0 aromatic heterocycles. The van der Waals surface area contributed by atoms with Crippen LogP contribution in [0.25, 0.3) is 0 Å². The Kier molecular flexibility index (Phi) is 6.72. The van der Waals surface area contributed by atoms with Crippen molar-refractivity contribution in [1.82, 2.24) is 15.5 Å². The van der Waals surface area contributed by atoms with Gasteiger partial charge in [0.2, 0.25) is 5.91 Å². The highest BCUT2D eigenvalue weighted by molar-refractivity contribution is 5.96. The second-order valence-corrected chi connectivity index (χ2v) is 8.31. The summed E-state index contributed by atoms with van der Waals surface area (Å²) in [7, 11) is 0. The maximum atomic E-state index is 12.3. The van der Waals surface area contributed by atoms with Crippen molar-refractivity contribution in [1.29, 1.82) is 0 Å². The van der Waals surface area contributed by atoms with Crippen LogP contribution in [0.5, 0.6) is 0 Å². The summed E-state index contributed by atoms with van der Waals surface area (Å²) in [5.74, 6) is 0.0467. The van der Waals surface area contributed by atoms with Crippen LogP contribution in [0.2, 0.25) is 0 Å². The molecule has 2 fully saturated rings. The van der Waals surface area contributed by atoms with Crippen LogP contribution in [0.1, 0.15) is 12.0 Å². The predicted molar refractivity (Wildman–Crippen MR) is 124 cm³/mol. The molecule has 4 rings (SSSR count). The molecule has 7 heteroatoms. The summed E-state index contributed by atoms with van der Waals surface area (Å²) < 4.78 is 0. The molecule has 2 N–H and O–H groups in total. The fourth-order valence-corrected chi connectivity index (χ4v) is 4.21. The quantitative estimate of drug-likeness (QED) is 0.751. The average Bonchev–Trinajstić information content (AvgIpc) is 3.15. The first-order chi connectivity index (χ1) is 15.1. The summed E-state index contributed by atoms with van der Waals surface area (Å²) in [5, 5.41) is 5.89. The second kappa shape index (κ2) is 9.83. The summed E-state index contributed by atoms with van der Waals surface area (Å²) in [4.78, 5) is 31.2. The zero-order valence-corrected chi connectivity index (χ0v) is 18.1. The smallest absolute Gasteiger partial charge is 0.315 e. The van der Waals surface area contributed by atoms with E-state index in [-0.39, 0.29) is 18.0 Å². The molecular weight excluding hydrogens is 390 g/mol. The first kappa shape index (κ1) is 21.2. The van der Waals surface area contributed by atoms with Crippen LogP contribution in [0.4, 0.5) is 16.2 Å². The maximum absolute atomic E-state index is 12.3. The van der Waals surface area contributed by atoms with E-state index in [1.54, 1.807) is 4.90 Å². The SMILES string of the molecule is Cc1ccc(N2C[C@H](NC(=O)NCCN3CCN(c4ccccc4)CC3)CC2=O)cc1. The minimum atomic E-state index is -0.202. The van der Waals surface area contributed by atoms with E-state index in [2.05, 4.69) is 44.7 Å². The van der Waals surface area contributed by atoms with Gasteiger partial charge in [0.15, 0.2) is 0 Å². The molecule has 2 aliphatic rings. The molecule has 1 atom stereocenters. The fourth-order valence-electron chi connectivity index (χ4n) is 4.21. The van der Waals surface area contributed by atoms with Crippen molar-refractivity contribution in [2.45, 2.75) is 19.4 Å². The number of rotatable bonds is 6. The average molecular weight is 422 g/mol. The highest BCUT2D eigenvalue weighted by Gasteiger charge is 2.31. The van der Waals surface area contributed by atoms with Gasteiger partial charge in [-0.15, -0.1) is 0 Å². The Morgan fingerprint density at radius 3 is 2.39 bits per heavy atom. The molecule has 0 radical (unpaired) electrons. The molecule has 164 valence electrons. The first-order valence-electron chi connectivity index (χ1n) is 11.0. The number of carbonyl (C=O) groups is 2. The normalized spacial score (nSPS) is 19.5. The third kappa shape index (κ3) is 5.55. The number of amides is 3. The van der Waals surface area contributed by atoms with Crippen LogP contribution in [0.3, 0.4) is 0 Å². The van der Waals surface area contributed by atoms with E-state index in [9.17, 15) is 9.59 Å². The minimum absolute atomic E-state index is 0.0467. The third-order valence-electron chi connectivity index (χ3n) is 6.01. The van der Waals surface area contributed by atoms with Crippen LogP contribution < -0.4 is 20.4 Å². The van der Waals surface area contributed by atoms with Crippen molar-refractivity contribution in [3.05, 3.63) is 60.2 Å². The van der Waals surface area contributed by atoms with E-state index in [1.807, 2.05) is 37.3 Å². The van der Waals surface area contributed by atoms with Gasteiger partial charge >= 0.3 is 6.03 Å². The molecule has 3 amide bonds. The third-order valence-corrected chi connectivity index (χ3v) is 6.01. The van der Waals surface area contributed by atoms with Gasteiger partial charge in [-0.1, -0.05) is 35.9 Å². The number of urea groups is 1. The molecule has 0 saturated carbocycles. The van der Waals surface area contributed by atoms with Crippen molar-refractivity contribution < 1.29 is 9.59 Å². The van der Waals surface area contributed by atoms with Crippen LogP contribution in [-0.2, 0) is 4.79 Å². The number of benzene rings is 2. The first-order valence-corrected chi connectivity index (χ1v) is 11.0. The molecule has 2 aromatic rings. The fraction of sp³-hybridized carbons (Fsp3) is 0.417. The summed E-state index contributed by atoms with van der Waals surface area (Å²) in [5.41, 5.74) is 3.31. The largest absolute Gasteiger partial charge is 0.369 e. The van der Waals surface area contributed by atoms with E-state index in [0.717, 1.165) is 44.0 Å². The van der Waals surface area contributed by atoms with E-state index < -0.39 is 0 Å². The molecular formula is C24H31N5O2. The monoisotopic (exact) mass is 421 g/mol. The van der Waals surface area contributed by atoms with Crippen LogP contribution in [0.15, 0.2) is 54.6 Å². The topological polar surface area (TPSA) is 67.9 Å². The van der Waals surface area contributed by atoms with Gasteiger partial charge in [-0.3, -0.25) is 9.69 Å². The Labute approximate surface area is 184 Å². The zero-order valence-electron chi connectivity index (χ0n) is 18.1. The Morgan fingerprint density at radius 2 is 1.68 bits per heavy atom. The van der Waals surface area contributed by atoms with Crippen LogP contribution >= 0.6 is 0 Å². The number of hydrogen-bond donors (Lipinski definition) is 2. The summed E-state index contributed by atoms with van der Waals surface area (Å²) in [6, 6.07) is 18.0. The minimum Gasteiger partial charge on any atom is -0.369 e. The number of carbonyl (C=O) groups excluding carboxylic acids is 2. The molecule has 0 spiro atoms. The molecule has 31 heavy (non-hydrogen) atoms. The number of hydrogen-bond acceptors (Lipinski definition) is 4. The number of nitrogens with zero attached hydrogens (tertiary/aromatic N) is 3. The lowest BCUT2D eigenvalue weighted by Crippen LogP contribution is -2.50. The molecule has 7 nitrogen and oxygen atoms in total. The van der Waals surface area contributed by atoms with Gasteiger partial charge in [0.1, 0.15) is 0 Å². The molecule has 2 aliphatic heterocycles. The van der Waals surface area contributed by atoms with Gasteiger partial charge in [-0.05, 0) is 31.2 Å². The lowest BCUT2D eigenvalue weighted by atomic mass is 10.2. The molecule has 0 unspecified atom stereocenters. The van der Waals surface area contributed by atoms with E-state index >= 15 is 0 Å². The number of para-hydroxylation sites is 1. The van der Waals surface area contributed by atoms with E-state index in [0.29, 0.717) is 19.5 Å². The van der Waals surface area contributed by atoms with Gasteiger partial charge in [0.05, 0.1) is 6.04 Å². The van der Waals surface area contributed by atoms with Gasteiger partial charge in [-0.2, -0.15) is 0 Å². The second-order valence-electron chi connectivity index (χ2n) is 8.31. The number of piperazine rings is 1. The Morgan fingerprint density at radius 1 is 0.968 bits per heavy atom. The molecule has 2 aromatic carbocycles. The lowest BCUT2D eigenvalue weighted by Gasteiger charge is -2.36. The molecule has 0 bridgehead atoms. The highest BCUT2D eigenvalue weighted by atomic mass is 16.2. The van der Waals surface area contributed by atoms with E-state index in [1.165, 1.54) is 5.69 Å². The zero-order chi connectivity index (χ0) is 21.6. The van der Waals surface area contributed by atoms with Crippen molar-refractivity contribution in [3.63, 3.8) is 0 Å². The van der Waals surface area contributed by atoms with Crippen molar-refractivity contribution >= 4 is 23.3 Å².